The SMILES string of the molecule is C=CCOc1c(Br)cc(/C=c2\sc3n(c2=O)[C@@H](c2ccc(Br)cc2)C(C(=O)OCC)=C(C)N=3)cc1OC. The van der Waals surface area contributed by atoms with E-state index in [1.807, 2.05) is 30.3 Å². The molecule has 0 saturated carbocycles. The molecule has 37 heavy (non-hydrogen) atoms. The van der Waals surface area contributed by atoms with Gasteiger partial charge < -0.3 is 14.2 Å². The van der Waals surface area contributed by atoms with Gasteiger partial charge in [0.25, 0.3) is 5.56 Å². The quantitative estimate of drug-likeness (QED) is 0.257. The van der Waals surface area contributed by atoms with Crippen molar-refractivity contribution < 1.29 is 19.0 Å². The van der Waals surface area contributed by atoms with Gasteiger partial charge in [0.05, 0.1) is 40.0 Å². The summed E-state index contributed by atoms with van der Waals surface area (Å²) in [4.78, 5) is 31.9. The van der Waals surface area contributed by atoms with Crippen LogP contribution in [0.2, 0.25) is 0 Å². The van der Waals surface area contributed by atoms with Crippen molar-refractivity contribution in [2.75, 3.05) is 20.3 Å². The normalized spacial score (nSPS) is 15.2. The number of esters is 1. The van der Waals surface area contributed by atoms with Crippen LogP contribution in [0.4, 0.5) is 0 Å². The fourth-order valence-corrected chi connectivity index (χ4v) is 5.89. The summed E-state index contributed by atoms with van der Waals surface area (Å²) in [6.07, 6.45) is 3.42. The molecule has 0 fully saturated rings. The molecular weight excluding hydrogens is 624 g/mol. The van der Waals surface area contributed by atoms with Crippen LogP contribution in [0.15, 0.2) is 79.1 Å². The van der Waals surface area contributed by atoms with Crippen LogP contribution in [-0.4, -0.2) is 30.9 Å². The molecule has 0 aliphatic carbocycles. The Kier molecular flexibility index (Phi) is 8.51. The van der Waals surface area contributed by atoms with Gasteiger partial charge in [-0.05, 0) is 71.2 Å². The fraction of sp³-hybridized carbons (Fsp3) is 0.222. The molecule has 0 N–H and O–H groups in total. The van der Waals surface area contributed by atoms with Crippen molar-refractivity contribution in [1.82, 2.24) is 4.57 Å². The van der Waals surface area contributed by atoms with Gasteiger partial charge in [-0.25, -0.2) is 9.79 Å². The highest BCUT2D eigenvalue weighted by atomic mass is 79.9. The van der Waals surface area contributed by atoms with Crippen molar-refractivity contribution in [2.24, 2.45) is 4.99 Å². The molecular formula is C27H24Br2N2O5S. The lowest BCUT2D eigenvalue weighted by molar-refractivity contribution is -0.139. The zero-order chi connectivity index (χ0) is 26.7. The number of hydrogen-bond donors (Lipinski definition) is 0. The highest BCUT2D eigenvalue weighted by Crippen LogP contribution is 2.37. The lowest BCUT2D eigenvalue weighted by atomic mass is 9.96. The molecule has 1 aromatic heterocycles. The largest absolute Gasteiger partial charge is 0.493 e. The second kappa shape index (κ2) is 11.6. The van der Waals surface area contributed by atoms with Gasteiger partial charge in [0, 0.05) is 4.47 Å². The highest BCUT2D eigenvalue weighted by molar-refractivity contribution is 9.10. The monoisotopic (exact) mass is 646 g/mol. The molecule has 1 aliphatic rings. The minimum absolute atomic E-state index is 0.219. The number of carbonyl (C=O) groups is 1. The first-order chi connectivity index (χ1) is 17.8. The molecule has 2 aromatic carbocycles. The average molecular weight is 648 g/mol. The minimum atomic E-state index is -0.665. The first-order valence-corrected chi connectivity index (χ1v) is 13.8. The number of thiazole rings is 1. The van der Waals surface area contributed by atoms with E-state index in [4.69, 9.17) is 14.2 Å². The summed E-state index contributed by atoms with van der Waals surface area (Å²) < 4.78 is 20.2. The Labute approximate surface area is 234 Å². The van der Waals surface area contributed by atoms with Crippen molar-refractivity contribution in [3.63, 3.8) is 0 Å². The van der Waals surface area contributed by atoms with E-state index in [2.05, 4.69) is 43.4 Å². The molecule has 0 unspecified atom stereocenters. The van der Waals surface area contributed by atoms with Gasteiger partial charge in [-0.1, -0.05) is 52.1 Å². The van der Waals surface area contributed by atoms with Crippen LogP contribution in [0.25, 0.3) is 6.08 Å². The van der Waals surface area contributed by atoms with Gasteiger partial charge in [0.1, 0.15) is 6.61 Å². The van der Waals surface area contributed by atoms with Crippen molar-refractivity contribution in [2.45, 2.75) is 19.9 Å². The van der Waals surface area contributed by atoms with Crippen LogP contribution in [0.1, 0.15) is 31.0 Å². The topological polar surface area (TPSA) is 79.1 Å². The molecule has 3 aromatic rings. The van der Waals surface area contributed by atoms with E-state index in [1.165, 1.54) is 11.3 Å². The Morgan fingerprint density at radius 2 is 1.97 bits per heavy atom. The maximum absolute atomic E-state index is 13.8. The summed E-state index contributed by atoms with van der Waals surface area (Å²) in [6, 6.07) is 10.5. The Bertz CT molecular complexity index is 1570. The maximum Gasteiger partial charge on any atom is 0.338 e. The third-order valence-electron chi connectivity index (χ3n) is 5.60. The van der Waals surface area contributed by atoms with Crippen molar-refractivity contribution >= 4 is 55.2 Å². The van der Waals surface area contributed by atoms with Crippen LogP contribution >= 0.6 is 43.2 Å². The lowest BCUT2D eigenvalue weighted by Gasteiger charge is -2.24. The second-order valence-electron chi connectivity index (χ2n) is 7.99. The second-order valence-corrected chi connectivity index (χ2v) is 10.8. The molecule has 0 spiro atoms. The van der Waals surface area contributed by atoms with E-state index >= 15 is 0 Å². The number of carbonyl (C=O) groups excluding carboxylic acids is 1. The molecule has 4 rings (SSSR count). The number of aromatic nitrogens is 1. The van der Waals surface area contributed by atoms with E-state index in [1.54, 1.807) is 43.7 Å². The number of allylic oxidation sites excluding steroid dienone is 1. The standard InChI is InChI=1S/C27H24Br2N2O5S/c1-5-11-36-24-19(29)12-16(13-20(24)34-4)14-21-25(32)31-23(17-7-9-18(28)10-8-17)22(26(33)35-6-2)15(3)30-27(31)37-21/h5,7-10,12-14,23H,1,6,11H2,2-4H3/b21-14-/t23-/m0/s1. The van der Waals surface area contributed by atoms with Crippen LogP contribution in [0.5, 0.6) is 11.5 Å². The molecule has 10 heteroatoms. The smallest absolute Gasteiger partial charge is 0.338 e. The van der Waals surface area contributed by atoms with E-state index in [9.17, 15) is 9.59 Å². The number of hydrogen-bond acceptors (Lipinski definition) is 7. The maximum atomic E-state index is 13.8. The first-order valence-electron chi connectivity index (χ1n) is 11.3. The van der Waals surface area contributed by atoms with Crippen LogP contribution in [-0.2, 0) is 9.53 Å². The number of fused-ring (bicyclic) bond motifs is 1. The van der Waals surface area contributed by atoms with Gasteiger partial charge in [0.15, 0.2) is 16.3 Å². The van der Waals surface area contributed by atoms with Crippen LogP contribution in [0.3, 0.4) is 0 Å². The zero-order valence-corrected chi connectivity index (χ0v) is 24.4. The molecule has 0 radical (unpaired) electrons. The third-order valence-corrected chi connectivity index (χ3v) is 7.70. The van der Waals surface area contributed by atoms with Crippen LogP contribution < -0.4 is 24.4 Å². The molecule has 0 amide bonds. The van der Waals surface area contributed by atoms with E-state index in [-0.39, 0.29) is 12.2 Å². The van der Waals surface area contributed by atoms with E-state index in [0.29, 0.717) is 43.2 Å². The van der Waals surface area contributed by atoms with Gasteiger partial charge in [-0.15, -0.1) is 0 Å². The van der Waals surface area contributed by atoms with Gasteiger partial charge >= 0.3 is 5.97 Å². The summed E-state index contributed by atoms with van der Waals surface area (Å²) in [5, 5.41) is 0. The summed E-state index contributed by atoms with van der Waals surface area (Å²) in [7, 11) is 1.55. The van der Waals surface area contributed by atoms with E-state index < -0.39 is 12.0 Å². The van der Waals surface area contributed by atoms with Gasteiger partial charge in [-0.3, -0.25) is 9.36 Å². The van der Waals surface area contributed by atoms with Crippen molar-refractivity contribution in [3.05, 3.63) is 100 Å². The summed E-state index contributed by atoms with van der Waals surface area (Å²) >= 11 is 8.24. The molecule has 192 valence electrons. The number of rotatable bonds is 8. The lowest BCUT2D eigenvalue weighted by Crippen LogP contribution is -2.39. The number of nitrogens with zero attached hydrogens (tertiary/aromatic N) is 2. The predicted octanol–water partition coefficient (Wildman–Crippen LogP) is 4.90. The molecule has 0 saturated heterocycles. The first kappa shape index (κ1) is 27.1. The third kappa shape index (κ3) is 5.51. The number of methoxy groups -OCH3 is 1. The summed E-state index contributed by atoms with van der Waals surface area (Å²) in [5.74, 6) is 0.573. The molecule has 1 atom stereocenters. The fourth-order valence-electron chi connectivity index (χ4n) is 4.01. The van der Waals surface area contributed by atoms with Gasteiger partial charge in [-0.2, -0.15) is 0 Å². The zero-order valence-electron chi connectivity index (χ0n) is 20.4. The highest BCUT2D eigenvalue weighted by Gasteiger charge is 2.33. The molecule has 7 nitrogen and oxygen atoms in total. The predicted molar refractivity (Wildman–Crippen MR) is 151 cm³/mol. The van der Waals surface area contributed by atoms with E-state index in [0.717, 1.165) is 15.6 Å². The Balaban J connectivity index is 1.90. The summed E-state index contributed by atoms with van der Waals surface area (Å²) in [5.41, 5.74) is 2.12. The number of benzene rings is 2. The Morgan fingerprint density at radius 3 is 2.62 bits per heavy atom. The molecule has 1 aliphatic heterocycles. The molecule has 0 bridgehead atoms. The number of ether oxygens (including phenoxy) is 3. The Hall–Kier alpha value is -2.95. The minimum Gasteiger partial charge on any atom is -0.493 e. The molecule has 2 heterocycles. The number of halogens is 2. The summed E-state index contributed by atoms with van der Waals surface area (Å²) in [6.45, 7) is 7.73. The van der Waals surface area contributed by atoms with Crippen LogP contribution in [0, 0.1) is 0 Å². The average Bonchev–Trinajstić information content (AvgIpc) is 3.17. The van der Waals surface area contributed by atoms with Crippen molar-refractivity contribution in [1.29, 1.82) is 0 Å². The van der Waals surface area contributed by atoms with Gasteiger partial charge in [0.2, 0.25) is 0 Å². The Morgan fingerprint density at radius 1 is 1.24 bits per heavy atom. The van der Waals surface area contributed by atoms with Crippen molar-refractivity contribution in [3.8, 4) is 11.5 Å².